The SMILES string of the molecule is O=C(/C=C/c1cc(Cl)c2c(c1)OCO2)N1CCC(C(=O)N2CCCC2)CC1. The Bertz CT molecular complexity index is 765. The number of fused-ring (bicyclic) bond motifs is 1. The second-order valence-electron chi connectivity index (χ2n) is 7.20. The lowest BCUT2D eigenvalue weighted by Gasteiger charge is -2.32. The molecule has 0 radical (unpaired) electrons. The van der Waals surface area contributed by atoms with Crippen LogP contribution in [-0.4, -0.2) is 54.6 Å². The van der Waals surface area contributed by atoms with Crippen molar-refractivity contribution in [2.24, 2.45) is 5.92 Å². The van der Waals surface area contributed by atoms with Crippen molar-refractivity contribution in [1.29, 1.82) is 0 Å². The van der Waals surface area contributed by atoms with Crippen LogP contribution in [0.1, 0.15) is 31.2 Å². The van der Waals surface area contributed by atoms with Crippen molar-refractivity contribution in [1.82, 2.24) is 9.80 Å². The van der Waals surface area contributed by atoms with Gasteiger partial charge in [-0.3, -0.25) is 9.59 Å². The maximum Gasteiger partial charge on any atom is 0.246 e. The Labute approximate surface area is 163 Å². The quantitative estimate of drug-likeness (QED) is 0.744. The van der Waals surface area contributed by atoms with Gasteiger partial charge in [-0.1, -0.05) is 11.6 Å². The Hall–Kier alpha value is -2.21. The fourth-order valence-corrected chi connectivity index (χ4v) is 4.17. The molecular weight excluding hydrogens is 368 g/mol. The molecule has 144 valence electrons. The standard InChI is InChI=1S/C20H23ClN2O4/c21-16-11-14(12-17-19(16)27-13-26-17)3-4-18(24)22-9-5-15(6-10-22)20(25)23-7-1-2-8-23/h3-4,11-12,15H,1-2,5-10,13H2/b4-3+. The summed E-state index contributed by atoms with van der Waals surface area (Å²) in [6.45, 7) is 3.18. The number of hydrogen-bond acceptors (Lipinski definition) is 4. The molecule has 0 spiro atoms. The maximum absolute atomic E-state index is 12.5. The van der Waals surface area contributed by atoms with Crippen molar-refractivity contribution in [3.05, 3.63) is 28.8 Å². The predicted octanol–water partition coefficient (Wildman–Crippen LogP) is 2.94. The topological polar surface area (TPSA) is 59.1 Å². The molecule has 0 aliphatic carbocycles. The van der Waals surface area contributed by atoms with Crippen molar-refractivity contribution in [2.75, 3.05) is 33.0 Å². The minimum Gasteiger partial charge on any atom is -0.454 e. The number of hydrogen-bond donors (Lipinski definition) is 0. The summed E-state index contributed by atoms with van der Waals surface area (Å²) in [5.41, 5.74) is 0.789. The highest BCUT2D eigenvalue weighted by molar-refractivity contribution is 6.32. The van der Waals surface area contributed by atoms with Gasteiger partial charge < -0.3 is 19.3 Å². The lowest BCUT2D eigenvalue weighted by atomic mass is 9.95. The Morgan fingerprint density at radius 1 is 1.04 bits per heavy atom. The molecule has 2 fully saturated rings. The molecule has 0 saturated carbocycles. The van der Waals surface area contributed by atoms with E-state index >= 15 is 0 Å². The van der Waals surface area contributed by atoms with Crippen LogP contribution in [0.3, 0.4) is 0 Å². The summed E-state index contributed by atoms with van der Waals surface area (Å²) in [6, 6.07) is 3.55. The molecule has 0 bridgehead atoms. The Kier molecular flexibility index (Phi) is 5.25. The Morgan fingerprint density at radius 2 is 1.78 bits per heavy atom. The van der Waals surface area contributed by atoms with Gasteiger partial charge in [0, 0.05) is 38.2 Å². The van der Waals surface area contributed by atoms with Gasteiger partial charge in [-0.05, 0) is 49.5 Å². The van der Waals surface area contributed by atoms with Gasteiger partial charge in [0.1, 0.15) is 0 Å². The predicted molar refractivity (Wildman–Crippen MR) is 102 cm³/mol. The molecule has 7 heteroatoms. The summed E-state index contributed by atoms with van der Waals surface area (Å²) in [6.07, 6.45) is 6.99. The van der Waals surface area contributed by atoms with Crippen molar-refractivity contribution in [3.63, 3.8) is 0 Å². The third-order valence-corrected chi connectivity index (χ3v) is 5.72. The number of ether oxygens (including phenoxy) is 2. The molecule has 2 amide bonds. The van der Waals surface area contributed by atoms with E-state index in [2.05, 4.69) is 0 Å². The third-order valence-electron chi connectivity index (χ3n) is 5.44. The van der Waals surface area contributed by atoms with Gasteiger partial charge in [0.15, 0.2) is 11.5 Å². The zero-order chi connectivity index (χ0) is 18.8. The van der Waals surface area contributed by atoms with Gasteiger partial charge in [0.05, 0.1) is 5.02 Å². The molecule has 4 rings (SSSR count). The number of halogens is 1. The summed E-state index contributed by atoms with van der Waals surface area (Å²) in [5, 5.41) is 0.471. The van der Waals surface area contributed by atoms with E-state index < -0.39 is 0 Å². The second-order valence-corrected chi connectivity index (χ2v) is 7.61. The van der Waals surface area contributed by atoms with Gasteiger partial charge >= 0.3 is 0 Å². The summed E-state index contributed by atoms with van der Waals surface area (Å²) >= 11 is 6.17. The fourth-order valence-electron chi connectivity index (χ4n) is 3.90. The normalized spacial score (nSPS) is 19.9. The van der Waals surface area contributed by atoms with Crippen LogP contribution in [0.4, 0.5) is 0 Å². The molecular formula is C20H23ClN2O4. The summed E-state index contributed by atoms with van der Waals surface area (Å²) in [4.78, 5) is 28.7. The molecule has 0 N–H and O–H groups in total. The average Bonchev–Trinajstić information content (AvgIpc) is 3.37. The van der Waals surface area contributed by atoms with Crippen LogP contribution < -0.4 is 9.47 Å². The third kappa shape index (κ3) is 3.90. The highest BCUT2D eigenvalue weighted by atomic mass is 35.5. The molecule has 3 aliphatic rings. The first kappa shape index (κ1) is 18.2. The fraction of sp³-hybridized carbons (Fsp3) is 0.500. The molecule has 1 aromatic carbocycles. The number of likely N-dealkylation sites (tertiary alicyclic amines) is 2. The number of rotatable bonds is 3. The minimum atomic E-state index is -0.0455. The van der Waals surface area contributed by atoms with Gasteiger partial charge in [-0.15, -0.1) is 0 Å². The van der Waals surface area contributed by atoms with E-state index in [4.69, 9.17) is 21.1 Å². The van der Waals surface area contributed by atoms with Crippen molar-refractivity contribution >= 4 is 29.5 Å². The van der Waals surface area contributed by atoms with Gasteiger partial charge in [0.25, 0.3) is 0 Å². The number of amides is 2. The van der Waals surface area contributed by atoms with Crippen molar-refractivity contribution < 1.29 is 19.1 Å². The molecule has 1 aromatic rings. The van der Waals surface area contributed by atoms with E-state index in [0.717, 1.165) is 44.3 Å². The molecule has 6 nitrogen and oxygen atoms in total. The summed E-state index contributed by atoms with van der Waals surface area (Å²) < 4.78 is 10.6. The zero-order valence-corrected chi connectivity index (χ0v) is 15.9. The minimum absolute atomic E-state index is 0.0455. The molecule has 0 aromatic heterocycles. The molecule has 0 atom stereocenters. The first-order valence-electron chi connectivity index (χ1n) is 9.47. The van der Waals surface area contributed by atoms with E-state index in [1.54, 1.807) is 29.2 Å². The van der Waals surface area contributed by atoms with Crippen LogP contribution in [0.2, 0.25) is 5.02 Å². The first-order valence-corrected chi connectivity index (χ1v) is 9.84. The van der Waals surface area contributed by atoms with E-state index in [-0.39, 0.29) is 24.5 Å². The van der Waals surface area contributed by atoms with Crippen LogP contribution in [0.15, 0.2) is 18.2 Å². The van der Waals surface area contributed by atoms with Crippen LogP contribution >= 0.6 is 11.6 Å². The largest absolute Gasteiger partial charge is 0.454 e. The highest BCUT2D eigenvalue weighted by Crippen LogP contribution is 2.40. The highest BCUT2D eigenvalue weighted by Gasteiger charge is 2.30. The second kappa shape index (κ2) is 7.80. The van der Waals surface area contributed by atoms with Crippen molar-refractivity contribution in [3.8, 4) is 11.5 Å². The Balaban J connectivity index is 1.32. The number of carbonyl (C=O) groups is 2. The first-order chi connectivity index (χ1) is 13.1. The van der Waals surface area contributed by atoms with E-state index in [1.165, 1.54) is 0 Å². The molecule has 2 saturated heterocycles. The number of piperidine rings is 1. The van der Waals surface area contributed by atoms with Gasteiger partial charge in [-0.2, -0.15) is 0 Å². The Morgan fingerprint density at radius 3 is 2.52 bits per heavy atom. The van der Waals surface area contributed by atoms with Crippen molar-refractivity contribution in [2.45, 2.75) is 25.7 Å². The number of carbonyl (C=O) groups excluding carboxylic acids is 2. The zero-order valence-electron chi connectivity index (χ0n) is 15.2. The van der Waals surface area contributed by atoms with Crippen LogP contribution in [0.25, 0.3) is 6.08 Å². The van der Waals surface area contributed by atoms with Crippen LogP contribution in [0.5, 0.6) is 11.5 Å². The lowest BCUT2D eigenvalue weighted by molar-refractivity contribution is -0.138. The molecule has 27 heavy (non-hydrogen) atoms. The van der Waals surface area contributed by atoms with E-state index in [1.807, 2.05) is 4.90 Å². The van der Waals surface area contributed by atoms with Gasteiger partial charge in [0.2, 0.25) is 18.6 Å². The van der Waals surface area contributed by atoms with Gasteiger partial charge in [-0.25, -0.2) is 0 Å². The summed E-state index contributed by atoms with van der Waals surface area (Å²) in [7, 11) is 0. The monoisotopic (exact) mass is 390 g/mol. The molecule has 3 aliphatic heterocycles. The van der Waals surface area contributed by atoms with Crippen LogP contribution in [0, 0.1) is 5.92 Å². The summed E-state index contributed by atoms with van der Waals surface area (Å²) in [5.74, 6) is 1.42. The maximum atomic E-state index is 12.5. The lowest BCUT2D eigenvalue weighted by Crippen LogP contribution is -2.43. The average molecular weight is 391 g/mol. The number of benzene rings is 1. The molecule has 3 heterocycles. The van der Waals surface area contributed by atoms with E-state index in [9.17, 15) is 9.59 Å². The number of nitrogens with zero attached hydrogens (tertiary/aromatic N) is 2. The van der Waals surface area contributed by atoms with Crippen LogP contribution in [-0.2, 0) is 9.59 Å². The smallest absolute Gasteiger partial charge is 0.246 e. The van der Waals surface area contributed by atoms with E-state index in [0.29, 0.717) is 29.6 Å². The molecule has 0 unspecified atom stereocenters.